The van der Waals surface area contributed by atoms with Crippen LogP contribution in [0.3, 0.4) is 0 Å². The monoisotopic (exact) mass is 243 g/mol. The van der Waals surface area contributed by atoms with Gasteiger partial charge >= 0.3 is 0 Å². The van der Waals surface area contributed by atoms with Gasteiger partial charge in [-0.15, -0.1) is 11.3 Å². The van der Waals surface area contributed by atoms with Gasteiger partial charge in [0.2, 0.25) is 0 Å². The number of ether oxygens (including phenoxy) is 1. The third-order valence-electron chi connectivity index (χ3n) is 1.85. The minimum absolute atomic E-state index is 0.177. The van der Waals surface area contributed by atoms with E-state index in [0.717, 1.165) is 19.4 Å². The van der Waals surface area contributed by atoms with Crippen molar-refractivity contribution in [3.8, 4) is 0 Å². The number of hydrogen-bond acceptors (Lipinski definition) is 5. The topological polar surface area (TPSA) is 77.2 Å². The van der Waals surface area contributed by atoms with Crippen LogP contribution < -0.4 is 11.1 Å². The predicted molar refractivity (Wildman–Crippen MR) is 64.6 cm³/mol. The molecule has 0 atom stereocenters. The van der Waals surface area contributed by atoms with E-state index < -0.39 is 0 Å². The highest BCUT2D eigenvalue weighted by Crippen LogP contribution is 2.10. The summed E-state index contributed by atoms with van der Waals surface area (Å²) in [5, 5.41) is 4.82. The van der Waals surface area contributed by atoms with Gasteiger partial charge in [0.15, 0.2) is 5.13 Å². The summed E-state index contributed by atoms with van der Waals surface area (Å²) in [6.45, 7) is 4.11. The zero-order chi connectivity index (χ0) is 11.8. The largest absolute Gasteiger partial charge is 0.381 e. The zero-order valence-corrected chi connectivity index (χ0v) is 10.2. The molecule has 0 aliphatic carbocycles. The van der Waals surface area contributed by atoms with E-state index in [1.807, 2.05) is 0 Å². The zero-order valence-electron chi connectivity index (χ0n) is 9.36. The summed E-state index contributed by atoms with van der Waals surface area (Å²) in [5.41, 5.74) is 5.82. The Kier molecular flexibility index (Phi) is 5.81. The number of carbonyl (C=O) groups excluding carboxylic acids is 1. The summed E-state index contributed by atoms with van der Waals surface area (Å²) >= 11 is 1.26. The molecule has 0 aliphatic rings. The molecular formula is C10H17N3O2S. The SMILES string of the molecule is CCCOCCCNC(=O)c1csc(N)n1. The Hall–Kier alpha value is -1.14. The molecule has 1 rings (SSSR count). The van der Waals surface area contributed by atoms with E-state index in [2.05, 4.69) is 17.2 Å². The number of nitrogens with zero attached hydrogens (tertiary/aromatic N) is 1. The number of nitrogens with two attached hydrogens (primary N) is 1. The fraction of sp³-hybridized carbons (Fsp3) is 0.600. The number of anilines is 1. The number of hydrogen-bond donors (Lipinski definition) is 2. The van der Waals surface area contributed by atoms with Crippen LogP contribution >= 0.6 is 11.3 Å². The van der Waals surface area contributed by atoms with Crippen molar-refractivity contribution in [3.05, 3.63) is 11.1 Å². The number of thiazole rings is 1. The molecule has 1 aromatic rings. The first-order valence-corrected chi connectivity index (χ1v) is 6.19. The lowest BCUT2D eigenvalue weighted by Gasteiger charge is -2.03. The molecular weight excluding hydrogens is 226 g/mol. The second-order valence-electron chi connectivity index (χ2n) is 3.29. The third kappa shape index (κ3) is 4.59. The summed E-state index contributed by atoms with van der Waals surface area (Å²) in [6, 6.07) is 0. The highest BCUT2D eigenvalue weighted by Gasteiger charge is 2.07. The molecule has 1 amide bonds. The maximum Gasteiger partial charge on any atom is 0.270 e. The average molecular weight is 243 g/mol. The number of nitrogens with one attached hydrogen (secondary N) is 1. The van der Waals surface area contributed by atoms with Crippen LogP contribution in [0.5, 0.6) is 0 Å². The van der Waals surface area contributed by atoms with E-state index >= 15 is 0 Å². The van der Waals surface area contributed by atoms with Crippen LogP contribution in [0.1, 0.15) is 30.3 Å². The minimum Gasteiger partial charge on any atom is -0.381 e. The van der Waals surface area contributed by atoms with Crippen LogP contribution in [-0.4, -0.2) is 30.6 Å². The fourth-order valence-electron chi connectivity index (χ4n) is 1.11. The van der Waals surface area contributed by atoms with Crippen molar-refractivity contribution in [3.63, 3.8) is 0 Å². The summed E-state index contributed by atoms with van der Waals surface area (Å²) in [6.07, 6.45) is 1.83. The maximum absolute atomic E-state index is 11.5. The Labute approximate surface area is 99.0 Å². The van der Waals surface area contributed by atoms with Crippen LogP contribution in [0, 0.1) is 0 Å². The predicted octanol–water partition coefficient (Wildman–Crippen LogP) is 1.27. The van der Waals surface area contributed by atoms with E-state index in [1.54, 1.807) is 5.38 Å². The molecule has 0 aromatic carbocycles. The summed E-state index contributed by atoms with van der Waals surface area (Å²) in [5.74, 6) is -0.177. The minimum atomic E-state index is -0.177. The first kappa shape index (κ1) is 12.9. The maximum atomic E-state index is 11.5. The van der Waals surface area contributed by atoms with Gasteiger partial charge < -0.3 is 15.8 Å². The Balaban J connectivity index is 2.11. The number of aromatic nitrogens is 1. The summed E-state index contributed by atoms with van der Waals surface area (Å²) in [4.78, 5) is 15.4. The smallest absolute Gasteiger partial charge is 0.270 e. The van der Waals surface area contributed by atoms with Crippen molar-refractivity contribution >= 4 is 22.4 Å². The molecule has 0 bridgehead atoms. The van der Waals surface area contributed by atoms with Crippen LogP contribution in [0.15, 0.2) is 5.38 Å². The molecule has 6 heteroatoms. The third-order valence-corrected chi connectivity index (χ3v) is 2.53. The molecule has 0 fully saturated rings. The van der Waals surface area contributed by atoms with Gasteiger partial charge in [-0.25, -0.2) is 4.98 Å². The van der Waals surface area contributed by atoms with Crippen LogP contribution in [-0.2, 0) is 4.74 Å². The van der Waals surface area contributed by atoms with Gasteiger partial charge in [-0.3, -0.25) is 4.79 Å². The van der Waals surface area contributed by atoms with Crippen LogP contribution in [0.2, 0.25) is 0 Å². The molecule has 0 spiro atoms. The molecule has 0 saturated carbocycles. The Morgan fingerprint density at radius 3 is 3.06 bits per heavy atom. The van der Waals surface area contributed by atoms with Crippen molar-refractivity contribution in [2.24, 2.45) is 0 Å². The van der Waals surface area contributed by atoms with Gasteiger partial charge in [-0.05, 0) is 12.8 Å². The van der Waals surface area contributed by atoms with E-state index in [0.29, 0.717) is 24.0 Å². The second-order valence-corrected chi connectivity index (χ2v) is 4.18. The van der Waals surface area contributed by atoms with Crippen molar-refractivity contribution in [1.29, 1.82) is 0 Å². The van der Waals surface area contributed by atoms with Gasteiger partial charge in [-0.1, -0.05) is 6.92 Å². The van der Waals surface area contributed by atoms with E-state index in [-0.39, 0.29) is 5.91 Å². The highest BCUT2D eigenvalue weighted by atomic mass is 32.1. The van der Waals surface area contributed by atoms with Gasteiger partial charge in [0.25, 0.3) is 5.91 Å². The van der Waals surface area contributed by atoms with Gasteiger partial charge in [0.1, 0.15) is 5.69 Å². The summed E-state index contributed by atoms with van der Waals surface area (Å²) < 4.78 is 5.29. The molecule has 1 aromatic heterocycles. The lowest BCUT2D eigenvalue weighted by atomic mass is 10.4. The van der Waals surface area contributed by atoms with Gasteiger partial charge in [-0.2, -0.15) is 0 Å². The lowest BCUT2D eigenvalue weighted by molar-refractivity contribution is 0.0937. The number of rotatable bonds is 7. The van der Waals surface area contributed by atoms with E-state index in [9.17, 15) is 4.79 Å². The molecule has 90 valence electrons. The molecule has 3 N–H and O–H groups in total. The number of amides is 1. The van der Waals surface area contributed by atoms with Gasteiger partial charge in [0.05, 0.1) is 0 Å². The van der Waals surface area contributed by atoms with Crippen LogP contribution in [0.4, 0.5) is 5.13 Å². The average Bonchev–Trinajstić information content (AvgIpc) is 2.70. The molecule has 0 unspecified atom stereocenters. The van der Waals surface area contributed by atoms with Crippen molar-refractivity contribution in [1.82, 2.24) is 10.3 Å². The lowest BCUT2D eigenvalue weighted by Crippen LogP contribution is -2.25. The van der Waals surface area contributed by atoms with Crippen molar-refractivity contribution in [2.75, 3.05) is 25.5 Å². The van der Waals surface area contributed by atoms with E-state index in [1.165, 1.54) is 11.3 Å². The molecule has 0 aliphatic heterocycles. The standard InChI is InChI=1S/C10H17N3O2S/c1-2-5-15-6-3-4-12-9(14)8-7-16-10(11)13-8/h7H,2-6H2,1H3,(H2,11,13)(H,12,14). The van der Waals surface area contributed by atoms with Crippen molar-refractivity contribution < 1.29 is 9.53 Å². The van der Waals surface area contributed by atoms with Crippen molar-refractivity contribution in [2.45, 2.75) is 19.8 Å². The van der Waals surface area contributed by atoms with E-state index in [4.69, 9.17) is 10.5 Å². The molecule has 0 radical (unpaired) electrons. The Bertz CT molecular complexity index is 328. The molecule has 5 nitrogen and oxygen atoms in total. The Morgan fingerprint density at radius 1 is 1.62 bits per heavy atom. The van der Waals surface area contributed by atoms with Gasteiger partial charge in [0, 0.05) is 25.1 Å². The number of nitrogen functional groups attached to an aromatic ring is 1. The molecule has 1 heterocycles. The summed E-state index contributed by atoms with van der Waals surface area (Å²) in [7, 11) is 0. The fourth-order valence-corrected chi connectivity index (χ4v) is 1.65. The Morgan fingerprint density at radius 2 is 2.44 bits per heavy atom. The second kappa shape index (κ2) is 7.19. The molecule has 16 heavy (non-hydrogen) atoms. The quantitative estimate of drug-likeness (QED) is 0.707. The van der Waals surface area contributed by atoms with Crippen LogP contribution in [0.25, 0.3) is 0 Å². The molecule has 0 saturated heterocycles. The normalized spacial score (nSPS) is 10.3. The first-order chi connectivity index (χ1) is 7.74. The first-order valence-electron chi connectivity index (χ1n) is 5.31. The highest BCUT2D eigenvalue weighted by molar-refractivity contribution is 7.13. The number of carbonyl (C=O) groups is 1.